The number of anilines is 2. The van der Waals surface area contributed by atoms with Gasteiger partial charge in [-0.05, 0) is 30.3 Å². The van der Waals surface area contributed by atoms with Gasteiger partial charge in [-0.15, -0.1) is 0 Å². The van der Waals surface area contributed by atoms with Crippen LogP contribution in [0.3, 0.4) is 0 Å². The van der Waals surface area contributed by atoms with Gasteiger partial charge in [-0.3, -0.25) is 9.63 Å². The van der Waals surface area contributed by atoms with Gasteiger partial charge in [0.1, 0.15) is 0 Å². The van der Waals surface area contributed by atoms with E-state index in [0.717, 1.165) is 24.3 Å². The Balaban J connectivity index is 2.05. The quantitative estimate of drug-likeness (QED) is 0.848. The summed E-state index contributed by atoms with van der Waals surface area (Å²) in [4.78, 5) is 16.4. The van der Waals surface area contributed by atoms with Crippen LogP contribution in [0.15, 0.2) is 40.8 Å². The van der Waals surface area contributed by atoms with Crippen LogP contribution in [0, 0.1) is 0 Å². The highest BCUT2D eigenvalue weighted by Crippen LogP contribution is 2.29. The molecule has 0 radical (unpaired) electrons. The third-order valence-electron chi connectivity index (χ3n) is 2.50. The molecule has 2 rings (SSSR count). The first-order valence-corrected chi connectivity index (χ1v) is 5.77. The largest absolute Gasteiger partial charge is 0.433 e. The molecule has 0 fully saturated rings. The maximum atomic E-state index is 12.4. The Morgan fingerprint density at radius 2 is 1.81 bits per heavy atom. The highest BCUT2D eigenvalue weighted by molar-refractivity contribution is 6.02. The summed E-state index contributed by atoms with van der Waals surface area (Å²) in [5.74, 6) is -0.358. The zero-order valence-electron chi connectivity index (χ0n) is 10.8. The lowest BCUT2D eigenvalue weighted by Gasteiger charge is -2.08. The Hall–Kier alpha value is -2.48. The SMILES string of the molecule is CONc1ccc(C(=O)Nc2ccc(C(F)(F)F)cc2)o1. The molecule has 1 aromatic carbocycles. The van der Waals surface area contributed by atoms with E-state index in [1.165, 1.54) is 19.2 Å². The molecule has 0 bridgehead atoms. The molecule has 112 valence electrons. The second-order valence-corrected chi connectivity index (χ2v) is 4.00. The fourth-order valence-corrected chi connectivity index (χ4v) is 1.55. The van der Waals surface area contributed by atoms with Crippen LogP contribution >= 0.6 is 0 Å². The lowest BCUT2D eigenvalue weighted by Crippen LogP contribution is -2.11. The smallest absolute Gasteiger partial charge is 0.416 e. The summed E-state index contributed by atoms with van der Waals surface area (Å²) < 4.78 is 42.3. The van der Waals surface area contributed by atoms with Crippen molar-refractivity contribution in [2.75, 3.05) is 17.9 Å². The molecule has 1 amide bonds. The van der Waals surface area contributed by atoms with Gasteiger partial charge in [0.2, 0.25) is 5.88 Å². The first-order chi connectivity index (χ1) is 9.90. The first kappa shape index (κ1) is 14.9. The van der Waals surface area contributed by atoms with Crippen molar-refractivity contribution in [2.24, 2.45) is 0 Å². The second kappa shape index (κ2) is 5.88. The molecule has 0 saturated carbocycles. The lowest BCUT2D eigenvalue weighted by molar-refractivity contribution is -0.137. The summed E-state index contributed by atoms with van der Waals surface area (Å²) >= 11 is 0. The lowest BCUT2D eigenvalue weighted by atomic mass is 10.2. The van der Waals surface area contributed by atoms with Crippen molar-refractivity contribution in [3.63, 3.8) is 0 Å². The number of carbonyl (C=O) groups is 1. The van der Waals surface area contributed by atoms with Crippen LogP contribution in [-0.2, 0) is 11.0 Å². The molecule has 0 saturated heterocycles. The standard InChI is InChI=1S/C13H11F3N2O3/c1-20-18-11-7-6-10(21-11)12(19)17-9-4-2-8(3-5-9)13(14,15)16/h2-7,18H,1H3,(H,17,19). The summed E-state index contributed by atoms with van der Waals surface area (Å²) in [6.07, 6.45) is -4.41. The van der Waals surface area contributed by atoms with E-state index in [4.69, 9.17) is 4.42 Å². The van der Waals surface area contributed by atoms with E-state index in [-0.39, 0.29) is 17.3 Å². The van der Waals surface area contributed by atoms with Crippen LogP contribution in [0.1, 0.15) is 16.1 Å². The Morgan fingerprint density at radius 1 is 1.14 bits per heavy atom. The van der Waals surface area contributed by atoms with E-state index in [9.17, 15) is 18.0 Å². The minimum Gasteiger partial charge on any atom is -0.433 e. The second-order valence-electron chi connectivity index (χ2n) is 4.00. The maximum absolute atomic E-state index is 12.4. The number of alkyl halides is 3. The van der Waals surface area contributed by atoms with Crippen molar-refractivity contribution in [3.8, 4) is 0 Å². The molecule has 21 heavy (non-hydrogen) atoms. The number of amides is 1. The fraction of sp³-hybridized carbons (Fsp3) is 0.154. The third-order valence-corrected chi connectivity index (χ3v) is 2.50. The molecule has 0 spiro atoms. The summed E-state index contributed by atoms with van der Waals surface area (Å²) in [6.45, 7) is 0. The molecular weight excluding hydrogens is 289 g/mol. The number of furan rings is 1. The Bertz CT molecular complexity index is 620. The van der Waals surface area contributed by atoms with Crippen molar-refractivity contribution in [1.29, 1.82) is 0 Å². The van der Waals surface area contributed by atoms with Crippen molar-refractivity contribution < 1.29 is 27.2 Å². The van der Waals surface area contributed by atoms with Crippen molar-refractivity contribution >= 4 is 17.5 Å². The van der Waals surface area contributed by atoms with E-state index < -0.39 is 17.6 Å². The molecule has 0 aliphatic rings. The predicted molar refractivity (Wildman–Crippen MR) is 68.7 cm³/mol. The van der Waals surface area contributed by atoms with Gasteiger partial charge in [0.25, 0.3) is 5.91 Å². The number of hydrogen-bond donors (Lipinski definition) is 2. The number of benzene rings is 1. The molecular formula is C13H11F3N2O3. The molecule has 2 aromatic rings. The maximum Gasteiger partial charge on any atom is 0.416 e. The molecule has 0 aliphatic heterocycles. The Labute approximate surface area is 117 Å². The zero-order valence-corrected chi connectivity index (χ0v) is 10.8. The van der Waals surface area contributed by atoms with Gasteiger partial charge in [-0.1, -0.05) is 0 Å². The third kappa shape index (κ3) is 3.76. The number of carbonyl (C=O) groups excluding carboxylic acids is 1. The minimum atomic E-state index is -4.41. The van der Waals surface area contributed by atoms with Crippen LogP contribution < -0.4 is 10.8 Å². The zero-order chi connectivity index (χ0) is 15.5. The van der Waals surface area contributed by atoms with E-state index in [1.54, 1.807) is 0 Å². The highest BCUT2D eigenvalue weighted by atomic mass is 19.4. The van der Waals surface area contributed by atoms with Crippen LogP contribution in [-0.4, -0.2) is 13.0 Å². The van der Waals surface area contributed by atoms with Gasteiger partial charge in [-0.2, -0.15) is 13.2 Å². The molecule has 8 heteroatoms. The van der Waals surface area contributed by atoms with E-state index in [0.29, 0.717) is 0 Å². The fourth-order valence-electron chi connectivity index (χ4n) is 1.55. The minimum absolute atomic E-state index is 0.00514. The molecule has 0 unspecified atom stereocenters. The Kier molecular flexibility index (Phi) is 4.18. The van der Waals surface area contributed by atoms with Crippen LogP contribution in [0.2, 0.25) is 0 Å². The molecule has 0 aliphatic carbocycles. The summed E-state index contributed by atoms with van der Waals surface area (Å²) in [5.41, 5.74) is 1.84. The van der Waals surface area contributed by atoms with Crippen LogP contribution in [0.5, 0.6) is 0 Å². The van der Waals surface area contributed by atoms with Gasteiger partial charge >= 0.3 is 6.18 Å². The first-order valence-electron chi connectivity index (χ1n) is 5.77. The Morgan fingerprint density at radius 3 is 2.38 bits per heavy atom. The van der Waals surface area contributed by atoms with Crippen LogP contribution in [0.25, 0.3) is 0 Å². The predicted octanol–water partition coefficient (Wildman–Crippen LogP) is 3.52. The number of rotatable bonds is 4. The average molecular weight is 300 g/mol. The van der Waals surface area contributed by atoms with Gasteiger partial charge in [0, 0.05) is 11.8 Å². The van der Waals surface area contributed by atoms with Gasteiger partial charge < -0.3 is 9.73 Å². The molecule has 1 aromatic heterocycles. The van der Waals surface area contributed by atoms with Crippen molar-refractivity contribution in [3.05, 3.63) is 47.7 Å². The molecule has 2 N–H and O–H groups in total. The molecule has 0 atom stereocenters. The molecule has 1 heterocycles. The number of halogens is 3. The number of hydrogen-bond acceptors (Lipinski definition) is 4. The summed E-state index contributed by atoms with van der Waals surface area (Å²) in [6, 6.07) is 6.98. The summed E-state index contributed by atoms with van der Waals surface area (Å²) in [7, 11) is 1.38. The van der Waals surface area contributed by atoms with Crippen molar-refractivity contribution in [2.45, 2.75) is 6.18 Å². The number of nitrogens with one attached hydrogen (secondary N) is 2. The molecule has 5 nitrogen and oxygen atoms in total. The van der Waals surface area contributed by atoms with E-state index in [1.807, 2.05) is 0 Å². The average Bonchev–Trinajstić information content (AvgIpc) is 2.87. The van der Waals surface area contributed by atoms with Gasteiger partial charge in [0.15, 0.2) is 5.76 Å². The monoisotopic (exact) mass is 300 g/mol. The van der Waals surface area contributed by atoms with E-state index >= 15 is 0 Å². The topological polar surface area (TPSA) is 63.5 Å². The normalized spacial score (nSPS) is 11.2. The van der Waals surface area contributed by atoms with Crippen molar-refractivity contribution in [1.82, 2.24) is 0 Å². The highest BCUT2D eigenvalue weighted by Gasteiger charge is 2.30. The van der Waals surface area contributed by atoms with Crippen LogP contribution in [0.4, 0.5) is 24.7 Å². The summed E-state index contributed by atoms with van der Waals surface area (Å²) in [5, 5.41) is 2.42. The van der Waals surface area contributed by atoms with E-state index in [2.05, 4.69) is 15.6 Å². The van der Waals surface area contributed by atoms with Gasteiger partial charge in [-0.25, -0.2) is 5.48 Å². The van der Waals surface area contributed by atoms with Gasteiger partial charge in [0.05, 0.1) is 12.7 Å².